The summed E-state index contributed by atoms with van der Waals surface area (Å²) in [5.74, 6) is 0.819. The van der Waals surface area contributed by atoms with Gasteiger partial charge in [-0.2, -0.15) is 0 Å². The predicted molar refractivity (Wildman–Crippen MR) is 98.6 cm³/mol. The minimum absolute atomic E-state index is 0.0227. The van der Waals surface area contributed by atoms with Crippen molar-refractivity contribution in [3.05, 3.63) is 95.6 Å². The molecule has 0 N–H and O–H groups in total. The Morgan fingerprint density at radius 1 is 0.731 bits per heavy atom. The van der Waals surface area contributed by atoms with E-state index in [1.54, 1.807) is 48.5 Å². The molecule has 0 radical (unpaired) electrons. The second-order valence-corrected chi connectivity index (χ2v) is 5.77. The van der Waals surface area contributed by atoms with E-state index in [4.69, 9.17) is 9.47 Å². The van der Waals surface area contributed by atoms with Crippen molar-refractivity contribution in [3.63, 3.8) is 0 Å². The van der Waals surface area contributed by atoms with Crippen LogP contribution in [0.2, 0.25) is 0 Å². The minimum Gasteiger partial charge on any atom is -0.489 e. The van der Waals surface area contributed by atoms with Gasteiger partial charge in [0, 0.05) is 5.56 Å². The van der Waals surface area contributed by atoms with E-state index in [2.05, 4.69) is 0 Å². The summed E-state index contributed by atoms with van der Waals surface area (Å²) in [5.41, 5.74) is 2.05. The van der Waals surface area contributed by atoms with E-state index in [9.17, 15) is 9.59 Å². The summed E-state index contributed by atoms with van der Waals surface area (Å²) in [5, 5.41) is 0. The number of carbonyl (C=O) groups is 2. The lowest BCUT2D eigenvalue weighted by Crippen LogP contribution is -2.08. The first-order valence-corrected chi connectivity index (χ1v) is 8.22. The molecule has 0 saturated heterocycles. The van der Waals surface area contributed by atoms with Crippen LogP contribution in [-0.4, -0.2) is 11.8 Å². The van der Waals surface area contributed by atoms with E-state index in [-0.39, 0.29) is 5.78 Å². The lowest BCUT2D eigenvalue weighted by atomic mass is 10.1. The summed E-state index contributed by atoms with van der Waals surface area (Å²) in [4.78, 5) is 23.4. The van der Waals surface area contributed by atoms with E-state index in [0.717, 1.165) is 5.56 Å². The number of rotatable bonds is 6. The molecular weight excluding hydrogens is 328 g/mol. The molecular formula is C22H18O4. The van der Waals surface area contributed by atoms with Gasteiger partial charge in [0.2, 0.25) is 0 Å². The van der Waals surface area contributed by atoms with Crippen LogP contribution in [0, 0.1) is 0 Å². The number of ether oxygens (including phenoxy) is 2. The summed E-state index contributed by atoms with van der Waals surface area (Å²) in [6, 6.07) is 23.0. The van der Waals surface area contributed by atoms with Gasteiger partial charge in [0.15, 0.2) is 5.78 Å². The predicted octanol–water partition coefficient (Wildman–Crippen LogP) is 4.69. The maximum absolute atomic E-state index is 12.1. The molecule has 130 valence electrons. The standard InChI is InChI=1S/C22H18O4/c1-16(23)18-11-13-20(14-12-18)25-15-17-7-9-19(10-8-17)22(24)26-21-5-3-2-4-6-21/h2-14H,15H2,1H3. The Labute approximate surface area is 152 Å². The molecule has 0 spiro atoms. The molecule has 0 saturated carbocycles. The number of hydrogen-bond acceptors (Lipinski definition) is 4. The maximum Gasteiger partial charge on any atom is 0.343 e. The van der Waals surface area contributed by atoms with Crippen molar-refractivity contribution < 1.29 is 19.1 Å². The quantitative estimate of drug-likeness (QED) is 0.369. The summed E-state index contributed by atoms with van der Waals surface area (Å²) in [7, 11) is 0. The van der Waals surface area contributed by atoms with Gasteiger partial charge in [-0.3, -0.25) is 4.79 Å². The smallest absolute Gasteiger partial charge is 0.343 e. The molecule has 0 amide bonds. The number of benzene rings is 3. The van der Waals surface area contributed by atoms with Crippen molar-refractivity contribution in [1.82, 2.24) is 0 Å². The number of Topliss-reactive ketones (excluding diaryl/α,β-unsaturated/α-hetero) is 1. The molecule has 4 heteroatoms. The third-order valence-corrected chi connectivity index (χ3v) is 3.81. The number of ketones is 1. The van der Waals surface area contributed by atoms with Crippen molar-refractivity contribution >= 4 is 11.8 Å². The Balaban J connectivity index is 1.57. The molecule has 0 fully saturated rings. The Hall–Kier alpha value is -3.40. The molecule has 26 heavy (non-hydrogen) atoms. The van der Waals surface area contributed by atoms with Crippen LogP contribution in [0.25, 0.3) is 0 Å². The second-order valence-electron chi connectivity index (χ2n) is 5.77. The highest BCUT2D eigenvalue weighted by atomic mass is 16.5. The van der Waals surface area contributed by atoms with E-state index in [0.29, 0.717) is 29.2 Å². The van der Waals surface area contributed by atoms with Crippen molar-refractivity contribution in [2.24, 2.45) is 0 Å². The maximum atomic E-state index is 12.1. The third-order valence-electron chi connectivity index (χ3n) is 3.81. The molecule has 0 aliphatic carbocycles. The van der Waals surface area contributed by atoms with E-state index in [1.165, 1.54) is 6.92 Å². The van der Waals surface area contributed by atoms with Gasteiger partial charge in [-0.15, -0.1) is 0 Å². The SMILES string of the molecule is CC(=O)c1ccc(OCc2ccc(C(=O)Oc3ccccc3)cc2)cc1. The van der Waals surface area contributed by atoms with Gasteiger partial charge >= 0.3 is 5.97 Å². The Morgan fingerprint density at radius 3 is 1.96 bits per heavy atom. The van der Waals surface area contributed by atoms with Crippen molar-refractivity contribution in [2.45, 2.75) is 13.5 Å². The lowest BCUT2D eigenvalue weighted by Gasteiger charge is -2.08. The third kappa shape index (κ3) is 4.57. The number of para-hydroxylation sites is 1. The Kier molecular flexibility index (Phi) is 5.44. The second kappa shape index (κ2) is 8.12. The van der Waals surface area contributed by atoms with Crippen LogP contribution >= 0.6 is 0 Å². The van der Waals surface area contributed by atoms with Crippen LogP contribution < -0.4 is 9.47 Å². The summed E-state index contributed by atoms with van der Waals surface area (Å²) in [6.07, 6.45) is 0. The fourth-order valence-corrected chi connectivity index (χ4v) is 2.34. The average Bonchev–Trinajstić information content (AvgIpc) is 2.68. The summed E-state index contributed by atoms with van der Waals surface area (Å²) >= 11 is 0. The van der Waals surface area contributed by atoms with Crippen LogP contribution in [-0.2, 0) is 6.61 Å². The van der Waals surface area contributed by atoms with Gasteiger partial charge in [0.1, 0.15) is 18.1 Å². The number of carbonyl (C=O) groups excluding carboxylic acids is 2. The molecule has 0 aromatic heterocycles. The van der Waals surface area contributed by atoms with E-state index >= 15 is 0 Å². The molecule has 0 unspecified atom stereocenters. The molecule has 0 bridgehead atoms. The highest BCUT2D eigenvalue weighted by molar-refractivity contribution is 5.94. The summed E-state index contributed by atoms with van der Waals surface area (Å²) < 4.78 is 11.0. The lowest BCUT2D eigenvalue weighted by molar-refractivity contribution is 0.0734. The van der Waals surface area contributed by atoms with Gasteiger partial charge in [-0.1, -0.05) is 30.3 Å². The molecule has 4 nitrogen and oxygen atoms in total. The monoisotopic (exact) mass is 346 g/mol. The molecule has 0 aliphatic heterocycles. The number of esters is 1. The van der Waals surface area contributed by atoms with Crippen LogP contribution in [0.3, 0.4) is 0 Å². The fourth-order valence-electron chi connectivity index (χ4n) is 2.34. The minimum atomic E-state index is -0.400. The zero-order valence-corrected chi connectivity index (χ0v) is 14.3. The van der Waals surface area contributed by atoms with Gasteiger partial charge < -0.3 is 9.47 Å². The van der Waals surface area contributed by atoms with E-state index in [1.807, 2.05) is 30.3 Å². The zero-order valence-electron chi connectivity index (χ0n) is 14.3. The van der Waals surface area contributed by atoms with Crippen molar-refractivity contribution in [1.29, 1.82) is 0 Å². The Bertz CT molecular complexity index is 882. The van der Waals surface area contributed by atoms with Crippen LogP contribution in [0.1, 0.15) is 33.2 Å². The molecule has 0 atom stereocenters. The van der Waals surface area contributed by atoms with Gasteiger partial charge in [0.05, 0.1) is 5.56 Å². The van der Waals surface area contributed by atoms with Gasteiger partial charge in [-0.25, -0.2) is 4.79 Å². The van der Waals surface area contributed by atoms with Crippen molar-refractivity contribution in [2.75, 3.05) is 0 Å². The highest BCUT2D eigenvalue weighted by Gasteiger charge is 2.08. The van der Waals surface area contributed by atoms with Crippen molar-refractivity contribution in [3.8, 4) is 11.5 Å². The van der Waals surface area contributed by atoms with Crippen LogP contribution in [0.15, 0.2) is 78.9 Å². The molecule has 0 aliphatic rings. The first kappa shape index (κ1) is 17.4. The molecule has 3 aromatic rings. The first-order chi connectivity index (χ1) is 12.6. The average molecular weight is 346 g/mol. The summed E-state index contributed by atoms with van der Waals surface area (Å²) in [6.45, 7) is 1.90. The Morgan fingerprint density at radius 2 is 1.35 bits per heavy atom. The normalized spacial score (nSPS) is 10.2. The van der Waals surface area contributed by atoms with Crippen LogP contribution in [0.5, 0.6) is 11.5 Å². The molecule has 0 heterocycles. The zero-order chi connectivity index (χ0) is 18.4. The van der Waals surface area contributed by atoms with Gasteiger partial charge in [-0.05, 0) is 61.0 Å². The number of hydrogen-bond donors (Lipinski definition) is 0. The van der Waals surface area contributed by atoms with E-state index < -0.39 is 5.97 Å². The molecule has 3 rings (SSSR count). The van der Waals surface area contributed by atoms with Crippen LogP contribution in [0.4, 0.5) is 0 Å². The van der Waals surface area contributed by atoms with Gasteiger partial charge in [0.25, 0.3) is 0 Å². The fraction of sp³-hybridized carbons (Fsp3) is 0.0909. The largest absolute Gasteiger partial charge is 0.489 e. The first-order valence-electron chi connectivity index (χ1n) is 8.22. The topological polar surface area (TPSA) is 52.6 Å². The highest BCUT2D eigenvalue weighted by Crippen LogP contribution is 2.16. The molecule has 3 aromatic carbocycles.